The summed E-state index contributed by atoms with van der Waals surface area (Å²) in [4.78, 5) is 0. The van der Waals surface area contributed by atoms with Gasteiger partial charge >= 0.3 is 0 Å². The molecule has 1 saturated heterocycles. The Morgan fingerprint density at radius 1 is 1.36 bits per heavy atom. The molecule has 0 bridgehead atoms. The van der Waals surface area contributed by atoms with Crippen molar-refractivity contribution in [3.05, 3.63) is 0 Å². The third-order valence-electron chi connectivity index (χ3n) is 2.10. The molecule has 3 heteroatoms. The lowest BCUT2D eigenvalue weighted by atomic mass is 10.0. The molecule has 1 heterocycles. The van der Waals surface area contributed by atoms with Crippen LogP contribution in [0.1, 0.15) is 12.8 Å². The molecule has 0 aromatic rings. The van der Waals surface area contributed by atoms with Crippen molar-refractivity contribution in [2.45, 2.75) is 12.8 Å². The van der Waals surface area contributed by atoms with Gasteiger partial charge in [-0.1, -0.05) is 0 Å². The van der Waals surface area contributed by atoms with Gasteiger partial charge < -0.3 is 11.1 Å². The van der Waals surface area contributed by atoms with Crippen LogP contribution in [0.2, 0.25) is 0 Å². The molecular weight excluding hydrogens is 156 g/mol. The van der Waals surface area contributed by atoms with E-state index in [4.69, 9.17) is 5.73 Å². The molecule has 1 aliphatic rings. The number of nitrogens with two attached hydrogens (primary N) is 1. The van der Waals surface area contributed by atoms with E-state index in [1.54, 1.807) is 0 Å². The molecule has 11 heavy (non-hydrogen) atoms. The summed E-state index contributed by atoms with van der Waals surface area (Å²) >= 11 is 2.09. The Morgan fingerprint density at radius 2 is 2.09 bits per heavy atom. The van der Waals surface area contributed by atoms with Crippen molar-refractivity contribution in [2.24, 2.45) is 11.7 Å². The molecule has 0 aliphatic carbocycles. The maximum Gasteiger partial charge on any atom is 0.00746 e. The first-order chi connectivity index (χ1) is 5.43. The first-order valence-electron chi connectivity index (χ1n) is 4.42. The normalized spacial score (nSPS) is 20.5. The van der Waals surface area contributed by atoms with Crippen molar-refractivity contribution in [3.63, 3.8) is 0 Å². The van der Waals surface area contributed by atoms with Crippen LogP contribution in [0.4, 0.5) is 0 Å². The van der Waals surface area contributed by atoms with Gasteiger partial charge in [-0.15, -0.1) is 0 Å². The highest BCUT2D eigenvalue weighted by Crippen LogP contribution is 2.21. The van der Waals surface area contributed by atoms with Gasteiger partial charge in [-0.25, -0.2) is 0 Å². The molecule has 0 amide bonds. The second-order valence-corrected chi connectivity index (χ2v) is 4.27. The Hall–Kier alpha value is 0.270. The summed E-state index contributed by atoms with van der Waals surface area (Å²) in [5.41, 5.74) is 5.38. The van der Waals surface area contributed by atoms with Crippen molar-refractivity contribution in [1.29, 1.82) is 0 Å². The van der Waals surface area contributed by atoms with Gasteiger partial charge in [0.05, 0.1) is 0 Å². The Balaban J connectivity index is 1.96. The zero-order valence-electron chi connectivity index (χ0n) is 7.01. The van der Waals surface area contributed by atoms with E-state index in [9.17, 15) is 0 Å². The molecule has 1 fully saturated rings. The minimum Gasteiger partial charge on any atom is -0.329 e. The van der Waals surface area contributed by atoms with E-state index in [0.717, 1.165) is 19.0 Å². The van der Waals surface area contributed by atoms with E-state index >= 15 is 0 Å². The Morgan fingerprint density at radius 3 is 2.73 bits per heavy atom. The van der Waals surface area contributed by atoms with Crippen molar-refractivity contribution < 1.29 is 0 Å². The number of hydrogen-bond acceptors (Lipinski definition) is 3. The van der Waals surface area contributed by atoms with Crippen LogP contribution in [0.15, 0.2) is 0 Å². The summed E-state index contributed by atoms with van der Waals surface area (Å²) in [5.74, 6) is 3.63. The predicted molar refractivity (Wildman–Crippen MR) is 52.0 cm³/mol. The fourth-order valence-electron chi connectivity index (χ4n) is 1.36. The number of rotatable bonds is 4. The lowest BCUT2D eigenvalue weighted by Crippen LogP contribution is -2.29. The van der Waals surface area contributed by atoms with Crippen LogP contribution in [0.5, 0.6) is 0 Å². The molecule has 0 radical (unpaired) electrons. The molecular formula is C8H18N2S. The smallest absolute Gasteiger partial charge is 0.00746 e. The lowest BCUT2D eigenvalue weighted by Gasteiger charge is -2.21. The van der Waals surface area contributed by atoms with E-state index in [2.05, 4.69) is 17.1 Å². The van der Waals surface area contributed by atoms with Crippen LogP contribution in [-0.2, 0) is 0 Å². The van der Waals surface area contributed by atoms with Gasteiger partial charge in [0.25, 0.3) is 0 Å². The number of thioether (sulfide) groups is 1. The fourth-order valence-corrected chi connectivity index (χ4v) is 2.56. The Labute approximate surface area is 73.3 Å². The summed E-state index contributed by atoms with van der Waals surface area (Å²) in [6.07, 6.45) is 2.78. The zero-order valence-corrected chi connectivity index (χ0v) is 7.83. The first kappa shape index (κ1) is 9.36. The summed E-state index contributed by atoms with van der Waals surface area (Å²) in [5, 5.41) is 3.37. The molecule has 66 valence electrons. The SMILES string of the molecule is NCCNCC1CCSCC1. The Kier molecular flexibility index (Phi) is 4.99. The van der Waals surface area contributed by atoms with E-state index in [0.29, 0.717) is 0 Å². The van der Waals surface area contributed by atoms with Crippen LogP contribution in [0.25, 0.3) is 0 Å². The molecule has 0 unspecified atom stereocenters. The second kappa shape index (κ2) is 5.86. The van der Waals surface area contributed by atoms with Crippen LogP contribution in [-0.4, -0.2) is 31.1 Å². The summed E-state index contributed by atoms with van der Waals surface area (Å²) < 4.78 is 0. The molecule has 0 aromatic heterocycles. The average molecular weight is 174 g/mol. The van der Waals surface area contributed by atoms with Gasteiger partial charge in [0, 0.05) is 13.1 Å². The maximum absolute atomic E-state index is 5.38. The maximum atomic E-state index is 5.38. The minimum absolute atomic E-state index is 0.765. The molecule has 1 rings (SSSR count). The molecule has 0 atom stereocenters. The van der Waals surface area contributed by atoms with E-state index in [1.807, 2.05) is 0 Å². The predicted octanol–water partition coefficient (Wildman–Crippen LogP) is 0.678. The zero-order chi connectivity index (χ0) is 7.94. The van der Waals surface area contributed by atoms with Gasteiger partial charge in [0.2, 0.25) is 0 Å². The molecule has 0 spiro atoms. The molecule has 0 saturated carbocycles. The van der Waals surface area contributed by atoms with E-state index < -0.39 is 0 Å². The quantitative estimate of drug-likeness (QED) is 0.616. The minimum atomic E-state index is 0.765. The van der Waals surface area contributed by atoms with Gasteiger partial charge in [-0.3, -0.25) is 0 Å². The third kappa shape index (κ3) is 3.99. The van der Waals surface area contributed by atoms with Crippen molar-refractivity contribution in [3.8, 4) is 0 Å². The third-order valence-corrected chi connectivity index (χ3v) is 3.14. The fraction of sp³-hybridized carbons (Fsp3) is 1.00. The van der Waals surface area contributed by atoms with Crippen molar-refractivity contribution in [1.82, 2.24) is 5.32 Å². The largest absolute Gasteiger partial charge is 0.329 e. The monoisotopic (exact) mass is 174 g/mol. The molecule has 2 nitrogen and oxygen atoms in total. The average Bonchev–Trinajstić information content (AvgIpc) is 2.07. The van der Waals surface area contributed by atoms with Crippen molar-refractivity contribution >= 4 is 11.8 Å². The van der Waals surface area contributed by atoms with Crippen LogP contribution in [0, 0.1) is 5.92 Å². The summed E-state index contributed by atoms with van der Waals surface area (Å²) in [6.45, 7) is 2.92. The first-order valence-corrected chi connectivity index (χ1v) is 5.57. The lowest BCUT2D eigenvalue weighted by molar-refractivity contribution is 0.451. The summed E-state index contributed by atoms with van der Waals surface area (Å²) in [6, 6.07) is 0. The molecule has 0 aromatic carbocycles. The highest BCUT2D eigenvalue weighted by atomic mass is 32.2. The highest BCUT2D eigenvalue weighted by Gasteiger charge is 2.12. The Bertz CT molecular complexity index is 92.1. The van der Waals surface area contributed by atoms with Gasteiger partial charge in [-0.2, -0.15) is 11.8 Å². The topological polar surface area (TPSA) is 38.0 Å². The highest BCUT2D eigenvalue weighted by molar-refractivity contribution is 7.99. The number of hydrogen-bond donors (Lipinski definition) is 2. The summed E-state index contributed by atoms with van der Waals surface area (Å²) in [7, 11) is 0. The molecule has 1 aliphatic heterocycles. The van der Waals surface area contributed by atoms with Crippen molar-refractivity contribution in [2.75, 3.05) is 31.1 Å². The van der Waals surface area contributed by atoms with E-state index in [1.165, 1.54) is 30.9 Å². The standard InChI is InChI=1S/C8H18N2S/c9-3-4-10-7-8-1-5-11-6-2-8/h8,10H,1-7,9H2. The van der Waals surface area contributed by atoms with Gasteiger partial charge in [0.15, 0.2) is 0 Å². The molecule has 3 N–H and O–H groups in total. The van der Waals surface area contributed by atoms with Gasteiger partial charge in [-0.05, 0) is 36.8 Å². The van der Waals surface area contributed by atoms with Gasteiger partial charge in [0.1, 0.15) is 0 Å². The second-order valence-electron chi connectivity index (χ2n) is 3.05. The van der Waals surface area contributed by atoms with Crippen LogP contribution >= 0.6 is 11.8 Å². The van der Waals surface area contributed by atoms with Crippen LogP contribution in [0.3, 0.4) is 0 Å². The number of nitrogens with one attached hydrogen (secondary N) is 1. The van der Waals surface area contributed by atoms with E-state index in [-0.39, 0.29) is 0 Å². The van der Waals surface area contributed by atoms with Crippen LogP contribution < -0.4 is 11.1 Å².